The van der Waals surface area contributed by atoms with Crippen molar-refractivity contribution in [2.24, 2.45) is 7.05 Å². The van der Waals surface area contributed by atoms with Gasteiger partial charge in [0.25, 0.3) is 0 Å². The summed E-state index contributed by atoms with van der Waals surface area (Å²) >= 11 is 0. The van der Waals surface area contributed by atoms with Gasteiger partial charge in [-0.25, -0.2) is 0 Å². The largest absolute Gasteiger partial charge is 0.481 e. The lowest BCUT2D eigenvalue weighted by Crippen LogP contribution is -2.01. The van der Waals surface area contributed by atoms with E-state index >= 15 is 0 Å². The number of carboxylic acid groups (broad SMARTS) is 1. The van der Waals surface area contributed by atoms with Gasteiger partial charge in [0.15, 0.2) is 0 Å². The highest BCUT2D eigenvalue weighted by atomic mass is 16.4. The van der Waals surface area contributed by atoms with E-state index in [-0.39, 0.29) is 6.42 Å². The van der Waals surface area contributed by atoms with Gasteiger partial charge < -0.3 is 5.11 Å². The number of benzene rings is 1. The van der Waals surface area contributed by atoms with E-state index in [1.807, 2.05) is 32.2 Å². The first-order valence-corrected chi connectivity index (χ1v) is 5.28. The third-order valence-corrected chi connectivity index (χ3v) is 2.71. The van der Waals surface area contributed by atoms with Crippen molar-refractivity contribution < 1.29 is 9.90 Å². The zero-order chi connectivity index (χ0) is 11.7. The maximum absolute atomic E-state index is 10.8. The number of hydrogen-bond donors (Lipinski definition) is 1. The summed E-state index contributed by atoms with van der Waals surface area (Å²) in [7, 11) is 1.88. The fourth-order valence-electron chi connectivity index (χ4n) is 2.03. The second-order valence-corrected chi connectivity index (χ2v) is 3.81. The Morgan fingerprint density at radius 2 is 2.25 bits per heavy atom. The quantitative estimate of drug-likeness (QED) is 0.854. The lowest BCUT2D eigenvalue weighted by molar-refractivity contribution is -0.136. The van der Waals surface area contributed by atoms with Gasteiger partial charge in [-0.05, 0) is 18.1 Å². The minimum atomic E-state index is -0.807. The van der Waals surface area contributed by atoms with Gasteiger partial charge >= 0.3 is 5.97 Å². The zero-order valence-electron chi connectivity index (χ0n) is 9.40. The number of nitrogens with zero attached hydrogens (tertiary/aromatic N) is 2. The van der Waals surface area contributed by atoms with Crippen LogP contribution in [-0.2, 0) is 24.7 Å². The molecule has 4 heteroatoms. The molecular formula is C12H14N2O2. The number of carboxylic acids is 1. The van der Waals surface area contributed by atoms with Crippen molar-refractivity contribution in [1.82, 2.24) is 9.78 Å². The fourth-order valence-corrected chi connectivity index (χ4v) is 2.03. The van der Waals surface area contributed by atoms with E-state index in [1.54, 1.807) is 4.68 Å². The van der Waals surface area contributed by atoms with Crippen LogP contribution in [0.25, 0.3) is 10.9 Å². The predicted molar refractivity (Wildman–Crippen MR) is 61.4 cm³/mol. The molecule has 0 bridgehead atoms. The summed E-state index contributed by atoms with van der Waals surface area (Å²) < 4.78 is 1.81. The monoisotopic (exact) mass is 218 g/mol. The molecule has 0 unspecified atom stereocenters. The van der Waals surface area contributed by atoms with E-state index in [9.17, 15) is 4.79 Å². The Labute approximate surface area is 93.5 Å². The van der Waals surface area contributed by atoms with Crippen molar-refractivity contribution in [1.29, 1.82) is 0 Å². The van der Waals surface area contributed by atoms with E-state index in [0.29, 0.717) is 0 Å². The molecule has 2 rings (SSSR count). The normalized spacial score (nSPS) is 10.9. The molecular weight excluding hydrogens is 204 g/mol. The van der Waals surface area contributed by atoms with Crippen LogP contribution >= 0.6 is 0 Å². The highest BCUT2D eigenvalue weighted by molar-refractivity contribution is 5.88. The molecule has 0 aliphatic carbocycles. The van der Waals surface area contributed by atoms with Crippen LogP contribution in [0.2, 0.25) is 0 Å². The molecule has 1 aromatic carbocycles. The average Bonchev–Trinajstić information content (AvgIpc) is 2.56. The highest BCUT2D eigenvalue weighted by Crippen LogP contribution is 2.23. The summed E-state index contributed by atoms with van der Waals surface area (Å²) in [5.41, 5.74) is 2.81. The van der Waals surface area contributed by atoms with Gasteiger partial charge in [0.05, 0.1) is 17.6 Å². The topological polar surface area (TPSA) is 55.1 Å². The second kappa shape index (κ2) is 3.96. The number of carbonyl (C=O) groups is 1. The first-order chi connectivity index (χ1) is 7.63. The van der Waals surface area contributed by atoms with Crippen molar-refractivity contribution in [2.45, 2.75) is 19.8 Å². The van der Waals surface area contributed by atoms with Gasteiger partial charge in [-0.1, -0.05) is 19.1 Å². The average molecular weight is 218 g/mol. The third kappa shape index (κ3) is 1.66. The maximum Gasteiger partial charge on any atom is 0.307 e. The van der Waals surface area contributed by atoms with Crippen molar-refractivity contribution in [3.05, 3.63) is 29.5 Å². The summed E-state index contributed by atoms with van der Waals surface area (Å²) in [4.78, 5) is 10.8. The van der Waals surface area contributed by atoms with Gasteiger partial charge in [0, 0.05) is 12.4 Å². The van der Waals surface area contributed by atoms with Gasteiger partial charge in [0.2, 0.25) is 0 Å². The molecule has 1 N–H and O–H groups in total. The van der Waals surface area contributed by atoms with E-state index in [0.717, 1.165) is 28.6 Å². The van der Waals surface area contributed by atoms with Crippen molar-refractivity contribution >= 4 is 16.9 Å². The molecule has 2 aromatic rings. The Balaban J connectivity index is 2.69. The molecule has 0 radical (unpaired) electrons. The molecule has 1 aromatic heterocycles. The molecule has 0 amide bonds. The number of rotatable bonds is 3. The molecule has 0 aliphatic heterocycles. The SMILES string of the molecule is CCc1nn(C)c2cccc(CC(=O)O)c12. The first-order valence-electron chi connectivity index (χ1n) is 5.28. The number of aromatic nitrogens is 2. The number of aryl methyl sites for hydroxylation is 2. The fraction of sp³-hybridized carbons (Fsp3) is 0.333. The minimum Gasteiger partial charge on any atom is -0.481 e. The Morgan fingerprint density at radius 1 is 1.50 bits per heavy atom. The van der Waals surface area contributed by atoms with Crippen LogP contribution in [0.3, 0.4) is 0 Å². The Hall–Kier alpha value is -1.84. The summed E-state index contributed by atoms with van der Waals surface area (Å²) in [6, 6.07) is 5.70. The molecule has 0 saturated heterocycles. The van der Waals surface area contributed by atoms with Crippen LogP contribution in [0.4, 0.5) is 0 Å². The minimum absolute atomic E-state index is 0.0516. The van der Waals surface area contributed by atoms with Crippen LogP contribution < -0.4 is 0 Å². The second-order valence-electron chi connectivity index (χ2n) is 3.81. The van der Waals surface area contributed by atoms with Gasteiger partial charge in [-0.2, -0.15) is 5.10 Å². The number of fused-ring (bicyclic) bond motifs is 1. The van der Waals surface area contributed by atoms with Crippen LogP contribution in [0.1, 0.15) is 18.2 Å². The Morgan fingerprint density at radius 3 is 2.88 bits per heavy atom. The maximum atomic E-state index is 10.8. The summed E-state index contributed by atoms with van der Waals surface area (Å²) in [5.74, 6) is -0.807. The molecule has 84 valence electrons. The standard InChI is InChI=1S/C12H14N2O2/c1-3-9-12-8(7-11(15)16)5-4-6-10(12)14(2)13-9/h4-6H,3,7H2,1-2H3,(H,15,16). The van der Waals surface area contributed by atoms with Gasteiger partial charge in [-0.3, -0.25) is 9.48 Å². The lowest BCUT2D eigenvalue weighted by Gasteiger charge is -2.01. The molecule has 0 aliphatic rings. The van der Waals surface area contributed by atoms with Gasteiger partial charge in [-0.15, -0.1) is 0 Å². The predicted octanol–water partition coefficient (Wildman–Crippen LogP) is 1.76. The van der Waals surface area contributed by atoms with E-state index in [2.05, 4.69) is 5.10 Å². The molecule has 16 heavy (non-hydrogen) atoms. The number of aliphatic carboxylic acids is 1. The van der Waals surface area contributed by atoms with E-state index in [4.69, 9.17) is 5.11 Å². The molecule has 0 spiro atoms. The van der Waals surface area contributed by atoms with Crippen LogP contribution in [-0.4, -0.2) is 20.9 Å². The van der Waals surface area contributed by atoms with Crippen molar-refractivity contribution in [3.8, 4) is 0 Å². The molecule has 4 nitrogen and oxygen atoms in total. The first kappa shape index (κ1) is 10.7. The molecule has 0 saturated carbocycles. The van der Waals surface area contributed by atoms with E-state index < -0.39 is 5.97 Å². The zero-order valence-corrected chi connectivity index (χ0v) is 9.40. The smallest absolute Gasteiger partial charge is 0.307 e. The molecule has 0 fully saturated rings. The highest BCUT2D eigenvalue weighted by Gasteiger charge is 2.12. The van der Waals surface area contributed by atoms with Crippen molar-refractivity contribution in [3.63, 3.8) is 0 Å². The van der Waals surface area contributed by atoms with Crippen LogP contribution in [0, 0.1) is 0 Å². The molecule has 0 atom stereocenters. The third-order valence-electron chi connectivity index (χ3n) is 2.71. The van der Waals surface area contributed by atoms with Crippen LogP contribution in [0.15, 0.2) is 18.2 Å². The Bertz CT molecular complexity index is 543. The summed E-state index contributed by atoms with van der Waals surface area (Å²) in [6.45, 7) is 2.03. The van der Waals surface area contributed by atoms with Crippen molar-refractivity contribution in [2.75, 3.05) is 0 Å². The summed E-state index contributed by atoms with van der Waals surface area (Å²) in [6.07, 6.45) is 0.865. The van der Waals surface area contributed by atoms with Crippen LogP contribution in [0.5, 0.6) is 0 Å². The lowest BCUT2D eigenvalue weighted by atomic mass is 10.0. The Kier molecular flexibility index (Phi) is 2.64. The summed E-state index contributed by atoms with van der Waals surface area (Å²) in [5, 5.41) is 14.3. The van der Waals surface area contributed by atoms with E-state index in [1.165, 1.54) is 0 Å². The number of hydrogen-bond acceptors (Lipinski definition) is 2. The van der Waals surface area contributed by atoms with Gasteiger partial charge in [0.1, 0.15) is 0 Å². The molecule has 1 heterocycles.